The third-order valence-corrected chi connectivity index (χ3v) is 2.95. The number of aliphatic hydroxyl groups is 2. The largest absolute Gasteiger partial charge is 0.395 e. The predicted octanol–water partition coefficient (Wildman–Crippen LogP) is 0.453. The molecule has 0 unspecified atom stereocenters. The van der Waals surface area contributed by atoms with E-state index >= 15 is 0 Å². The van der Waals surface area contributed by atoms with Crippen molar-refractivity contribution < 1.29 is 10.2 Å². The molecule has 18 heavy (non-hydrogen) atoms. The van der Waals surface area contributed by atoms with E-state index in [1.807, 2.05) is 40.8 Å². The van der Waals surface area contributed by atoms with Gasteiger partial charge in [0.2, 0.25) is 0 Å². The van der Waals surface area contributed by atoms with E-state index < -0.39 is 0 Å². The maximum Gasteiger partial charge on any atom is 0.124 e. The van der Waals surface area contributed by atoms with E-state index in [0.29, 0.717) is 19.6 Å². The van der Waals surface area contributed by atoms with E-state index in [1.54, 1.807) is 0 Å². The number of likely N-dealkylation sites (N-methyl/N-ethyl adjacent to an activating group) is 1. The van der Waals surface area contributed by atoms with E-state index in [1.165, 1.54) is 0 Å². The van der Waals surface area contributed by atoms with Gasteiger partial charge in [0.15, 0.2) is 0 Å². The smallest absolute Gasteiger partial charge is 0.124 e. The standard InChI is InChI=1S/C13H19N3O2/c1-15(6-8-17)10-13-14-11-4-2-3-5-12(11)16(13)7-9-18/h2-5,17-18H,6-10H2,1H3. The van der Waals surface area contributed by atoms with Crippen LogP contribution in [-0.2, 0) is 13.1 Å². The number of fused-ring (bicyclic) bond motifs is 1. The highest BCUT2D eigenvalue weighted by Crippen LogP contribution is 2.16. The number of hydrogen-bond acceptors (Lipinski definition) is 4. The van der Waals surface area contributed by atoms with Gasteiger partial charge in [-0.25, -0.2) is 4.98 Å². The van der Waals surface area contributed by atoms with Gasteiger partial charge in [0.25, 0.3) is 0 Å². The van der Waals surface area contributed by atoms with Crippen LogP contribution in [0.1, 0.15) is 5.82 Å². The van der Waals surface area contributed by atoms with Crippen LogP contribution in [0, 0.1) is 0 Å². The Morgan fingerprint density at radius 3 is 2.72 bits per heavy atom. The number of nitrogens with zero attached hydrogens (tertiary/aromatic N) is 3. The minimum absolute atomic E-state index is 0.0943. The summed E-state index contributed by atoms with van der Waals surface area (Å²) in [5.74, 6) is 0.918. The highest BCUT2D eigenvalue weighted by molar-refractivity contribution is 5.75. The molecule has 0 aliphatic carbocycles. The van der Waals surface area contributed by atoms with E-state index in [2.05, 4.69) is 4.98 Å². The van der Waals surface area contributed by atoms with Gasteiger partial charge >= 0.3 is 0 Å². The molecule has 0 spiro atoms. The van der Waals surface area contributed by atoms with Crippen molar-refractivity contribution in [3.05, 3.63) is 30.1 Å². The summed E-state index contributed by atoms with van der Waals surface area (Å²) in [4.78, 5) is 6.59. The average molecular weight is 249 g/mol. The molecule has 1 heterocycles. The highest BCUT2D eigenvalue weighted by atomic mass is 16.3. The first-order chi connectivity index (χ1) is 8.76. The molecule has 0 bridgehead atoms. The van der Waals surface area contributed by atoms with Crippen LogP contribution in [0.4, 0.5) is 0 Å². The molecule has 0 saturated carbocycles. The Morgan fingerprint density at radius 2 is 2.00 bits per heavy atom. The Balaban J connectivity index is 2.33. The van der Waals surface area contributed by atoms with Crippen LogP contribution >= 0.6 is 0 Å². The number of hydrogen-bond donors (Lipinski definition) is 2. The molecule has 5 heteroatoms. The SMILES string of the molecule is CN(CCO)Cc1nc2ccccc2n1CCO. The van der Waals surface area contributed by atoms with E-state index in [4.69, 9.17) is 10.2 Å². The lowest BCUT2D eigenvalue weighted by Crippen LogP contribution is -2.24. The van der Waals surface area contributed by atoms with E-state index in [-0.39, 0.29) is 13.2 Å². The second-order valence-corrected chi connectivity index (χ2v) is 4.35. The number of aliphatic hydroxyl groups excluding tert-OH is 2. The zero-order valence-electron chi connectivity index (χ0n) is 10.6. The lowest BCUT2D eigenvalue weighted by atomic mass is 10.3. The van der Waals surface area contributed by atoms with Gasteiger partial charge in [-0.05, 0) is 19.2 Å². The van der Waals surface area contributed by atoms with Crippen LogP contribution in [-0.4, -0.2) is 51.5 Å². The van der Waals surface area contributed by atoms with Gasteiger partial charge in [0.1, 0.15) is 5.82 Å². The van der Waals surface area contributed by atoms with Crippen molar-refractivity contribution in [3.8, 4) is 0 Å². The minimum Gasteiger partial charge on any atom is -0.395 e. The van der Waals surface area contributed by atoms with Crippen LogP contribution in [0.2, 0.25) is 0 Å². The third-order valence-electron chi connectivity index (χ3n) is 2.95. The fraction of sp³-hybridized carbons (Fsp3) is 0.462. The van der Waals surface area contributed by atoms with Gasteiger partial charge in [-0.2, -0.15) is 0 Å². The molecular formula is C13H19N3O2. The normalized spacial score (nSPS) is 11.6. The summed E-state index contributed by atoms with van der Waals surface area (Å²) in [6, 6.07) is 7.91. The molecule has 2 aromatic rings. The van der Waals surface area contributed by atoms with Crippen molar-refractivity contribution >= 4 is 11.0 Å². The number of benzene rings is 1. The van der Waals surface area contributed by atoms with Crippen molar-refractivity contribution in [2.24, 2.45) is 0 Å². The summed E-state index contributed by atoms with van der Waals surface area (Å²) in [5.41, 5.74) is 1.98. The Labute approximate surface area is 106 Å². The molecule has 1 aromatic heterocycles. The predicted molar refractivity (Wildman–Crippen MR) is 70.2 cm³/mol. The average Bonchev–Trinajstić information content (AvgIpc) is 2.68. The number of rotatable bonds is 6. The molecule has 1 aromatic carbocycles. The van der Waals surface area contributed by atoms with Crippen LogP contribution in [0.25, 0.3) is 11.0 Å². The maximum absolute atomic E-state index is 9.16. The van der Waals surface area contributed by atoms with Crippen molar-refractivity contribution in [2.75, 3.05) is 26.8 Å². The lowest BCUT2D eigenvalue weighted by Gasteiger charge is -2.15. The first-order valence-electron chi connectivity index (χ1n) is 6.10. The van der Waals surface area contributed by atoms with Gasteiger partial charge in [0.05, 0.1) is 30.8 Å². The summed E-state index contributed by atoms with van der Waals surface area (Å²) < 4.78 is 2.03. The van der Waals surface area contributed by atoms with Crippen LogP contribution in [0.5, 0.6) is 0 Å². The molecule has 0 aliphatic rings. The van der Waals surface area contributed by atoms with Gasteiger partial charge < -0.3 is 14.8 Å². The molecule has 0 saturated heterocycles. The topological polar surface area (TPSA) is 61.5 Å². The molecule has 2 rings (SSSR count). The Morgan fingerprint density at radius 1 is 1.22 bits per heavy atom. The first-order valence-corrected chi connectivity index (χ1v) is 6.10. The molecule has 0 amide bonds. The van der Waals surface area contributed by atoms with E-state index in [9.17, 15) is 0 Å². The van der Waals surface area contributed by atoms with Crippen LogP contribution < -0.4 is 0 Å². The molecule has 2 N–H and O–H groups in total. The highest BCUT2D eigenvalue weighted by Gasteiger charge is 2.11. The van der Waals surface area contributed by atoms with Gasteiger partial charge in [-0.15, -0.1) is 0 Å². The van der Waals surface area contributed by atoms with Gasteiger partial charge in [-0.1, -0.05) is 12.1 Å². The fourth-order valence-corrected chi connectivity index (χ4v) is 2.09. The fourth-order valence-electron chi connectivity index (χ4n) is 2.09. The Hall–Kier alpha value is -1.43. The van der Waals surface area contributed by atoms with Gasteiger partial charge in [0, 0.05) is 13.1 Å². The summed E-state index contributed by atoms with van der Waals surface area (Å²) in [5, 5.41) is 18.1. The minimum atomic E-state index is 0.0943. The second-order valence-electron chi connectivity index (χ2n) is 4.35. The Bertz CT molecular complexity index is 510. The monoisotopic (exact) mass is 249 g/mol. The first kappa shape index (κ1) is 13.0. The second kappa shape index (κ2) is 5.95. The number of aromatic nitrogens is 2. The summed E-state index contributed by atoms with van der Waals surface area (Å²) in [7, 11) is 1.94. The van der Waals surface area contributed by atoms with Gasteiger partial charge in [-0.3, -0.25) is 4.90 Å². The van der Waals surface area contributed by atoms with Crippen molar-refractivity contribution in [2.45, 2.75) is 13.1 Å². The van der Waals surface area contributed by atoms with Crippen LogP contribution in [0.3, 0.4) is 0 Å². The zero-order valence-corrected chi connectivity index (χ0v) is 10.6. The number of imidazole rings is 1. The quantitative estimate of drug-likeness (QED) is 0.780. The summed E-state index contributed by atoms with van der Waals surface area (Å²) >= 11 is 0. The maximum atomic E-state index is 9.16. The van der Waals surface area contributed by atoms with Crippen molar-refractivity contribution in [3.63, 3.8) is 0 Å². The molecular weight excluding hydrogens is 230 g/mol. The molecule has 0 radical (unpaired) electrons. The van der Waals surface area contributed by atoms with Crippen molar-refractivity contribution in [1.82, 2.24) is 14.5 Å². The van der Waals surface area contributed by atoms with Crippen LogP contribution in [0.15, 0.2) is 24.3 Å². The molecule has 0 aliphatic heterocycles. The summed E-state index contributed by atoms with van der Waals surface area (Å²) in [6.45, 7) is 2.05. The third kappa shape index (κ3) is 2.69. The molecule has 0 fully saturated rings. The zero-order chi connectivity index (χ0) is 13.0. The lowest BCUT2D eigenvalue weighted by molar-refractivity contribution is 0.211. The summed E-state index contributed by atoms with van der Waals surface area (Å²) in [6.07, 6.45) is 0. The molecule has 0 atom stereocenters. The Kier molecular flexibility index (Phi) is 4.30. The molecule has 5 nitrogen and oxygen atoms in total. The van der Waals surface area contributed by atoms with E-state index in [0.717, 1.165) is 16.9 Å². The van der Waals surface area contributed by atoms with Crippen molar-refractivity contribution in [1.29, 1.82) is 0 Å². The number of para-hydroxylation sites is 2. The molecule has 98 valence electrons.